The van der Waals surface area contributed by atoms with Gasteiger partial charge in [-0.3, -0.25) is 0 Å². The quantitative estimate of drug-likeness (QED) is 0.810. The van der Waals surface area contributed by atoms with Crippen LogP contribution in [0.4, 0.5) is 0 Å². The Morgan fingerprint density at radius 1 is 1.27 bits per heavy atom. The van der Waals surface area contributed by atoms with Crippen LogP contribution in [-0.2, 0) is 10.0 Å². The molecule has 0 saturated carbocycles. The highest BCUT2D eigenvalue weighted by Crippen LogP contribution is 2.13. The van der Waals surface area contributed by atoms with Gasteiger partial charge in [-0.05, 0) is 30.7 Å². The number of benzene rings is 1. The fraction of sp³-hybridized carbons (Fsp3) is 0.300. The van der Waals surface area contributed by atoms with E-state index < -0.39 is 10.0 Å². The first-order chi connectivity index (χ1) is 7.06. The molecule has 0 saturated heterocycles. The molecule has 15 heavy (non-hydrogen) atoms. The summed E-state index contributed by atoms with van der Waals surface area (Å²) in [6.45, 7) is 4.05. The lowest BCUT2D eigenvalue weighted by molar-refractivity contribution is 0.579. The summed E-state index contributed by atoms with van der Waals surface area (Å²) in [5.74, 6) is 0. The van der Waals surface area contributed by atoms with Gasteiger partial charge in [-0.15, -0.1) is 0 Å². The van der Waals surface area contributed by atoms with Crippen molar-refractivity contribution in [2.24, 2.45) is 0 Å². The smallest absolute Gasteiger partial charge is 0.211 e. The lowest BCUT2D eigenvalue weighted by Crippen LogP contribution is -2.24. The molecule has 0 amide bonds. The van der Waals surface area contributed by atoms with E-state index in [2.05, 4.69) is 11.6 Å². The average Bonchev–Trinajstić information content (AvgIpc) is 2.18. The van der Waals surface area contributed by atoms with E-state index in [-0.39, 0.29) is 4.90 Å². The third kappa shape index (κ3) is 3.81. The minimum atomic E-state index is -3.39. The Morgan fingerprint density at radius 3 is 2.40 bits per heavy atom. The van der Waals surface area contributed by atoms with Crippen LogP contribution in [0.25, 0.3) is 0 Å². The molecule has 0 fully saturated rings. The van der Waals surface area contributed by atoms with E-state index in [1.165, 1.54) is 12.1 Å². The minimum absolute atomic E-state index is 0.232. The summed E-state index contributed by atoms with van der Waals surface area (Å²) in [5.41, 5.74) is 0. The highest BCUT2D eigenvalue weighted by molar-refractivity contribution is 7.89. The molecule has 1 radical (unpaired) electrons. The second-order valence-electron chi connectivity index (χ2n) is 3.06. The predicted molar refractivity (Wildman–Crippen MR) is 61.2 cm³/mol. The largest absolute Gasteiger partial charge is 0.240 e. The lowest BCUT2D eigenvalue weighted by Gasteiger charge is -2.05. The third-order valence-electron chi connectivity index (χ3n) is 1.84. The van der Waals surface area contributed by atoms with Crippen LogP contribution in [0.5, 0.6) is 0 Å². The molecule has 0 aliphatic rings. The van der Waals surface area contributed by atoms with Crippen LogP contribution >= 0.6 is 11.6 Å². The van der Waals surface area contributed by atoms with Crippen molar-refractivity contribution in [1.82, 2.24) is 4.72 Å². The first-order valence-corrected chi connectivity index (χ1v) is 6.47. The second-order valence-corrected chi connectivity index (χ2v) is 5.26. The number of nitrogens with one attached hydrogen (secondary N) is 1. The van der Waals surface area contributed by atoms with Crippen molar-refractivity contribution >= 4 is 21.6 Å². The van der Waals surface area contributed by atoms with E-state index >= 15 is 0 Å². The van der Waals surface area contributed by atoms with Crippen LogP contribution in [0.15, 0.2) is 29.2 Å². The normalized spacial score (nSPS) is 11.6. The molecule has 83 valence electrons. The number of hydrogen-bond acceptors (Lipinski definition) is 2. The first-order valence-electron chi connectivity index (χ1n) is 4.61. The fourth-order valence-corrected chi connectivity index (χ4v) is 2.23. The maximum Gasteiger partial charge on any atom is 0.240 e. The molecule has 3 nitrogen and oxygen atoms in total. The van der Waals surface area contributed by atoms with E-state index in [4.69, 9.17) is 11.6 Å². The van der Waals surface area contributed by atoms with Gasteiger partial charge in [0.05, 0.1) is 4.90 Å². The Kier molecular flexibility index (Phi) is 4.57. The molecule has 1 aromatic carbocycles. The molecule has 0 unspecified atom stereocenters. The topological polar surface area (TPSA) is 46.2 Å². The summed E-state index contributed by atoms with van der Waals surface area (Å²) in [7, 11) is -3.39. The Labute approximate surface area is 95.5 Å². The van der Waals surface area contributed by atoms with Gasteiger partial charge in [0.2, 0.25) is 10.0 Å². The van der Waals surface area contributed by atoms with Gasteiger partial charge in [-0.1, -0.05) is 24.9 Å². The van der Waals surface area contributed by atoms with Gasteiger partial charge in [0.15, 0.2) is 0 Å². The predicted octanol–water partition coefficient (Wildman–Crippen LogP) is 2.23. The summed E-state index contributed by atoms with van der Waals surface area (Å²) < 4.78 is 25.8. The van der Waals surface area contributed by atoms with Crippen molar-refractivity contribution in [1.29, 1.82) is 0 Å². The first kappa shape index (κ1) is 12.5. The summed E-state index contributed by atoms with van der Waals surface area (Å²) >= 11 is 5.67. The second kappa shape index (κ2) is 5.49. The molecular weight excluding hydrogens is 234 g/mol. The standard InChI is InChI=1S/C10H13ClNO2S/c1-2-3-8-12-15(13,14)10-6-4-9(11)5-7-10/h4-7,12H,1-3,8H2. The number of unbranched alkanes of at least 4 members (excludes halogenated alkanes) is 1. The van der Waals surface area contributed by atoms with Crippen LogP contribution < -0.4 is 4.72 Å². The van der Waals surface area contributed by atoms with Gasteiger partial charge in [0.1, 0.15) is 0 Å². The summed E-state index contributed by atoms with van der Waals surface area (Å²) in [4.78, 5) is 0.232. The maximum absolute atomic E-state index is 11.6. The summed E-state index contributed by atoms with van der Waals surface area (Å²) in [6.07, 6.45) is 1.44. The van der Waals surface area contributed by atoms with Gasteiger partial charge >= 0.3 is 0 Å². The molecular formula is C10H13ClNO2S. The molecule has 1 aromatic rings. The molecule has 0 aliphatic carbocycles. The molecule has 0 bridgehead atoms. The van der Waals surface area contributed by atoms with Crippen LogP contribution in [0.3, 0.4) is 0 Å². The average molecular weight is 247 g/mol. The Balaban J connectivity index is 2.73. The zero-order valence-corrected chi connectivity index (χ0v) is 9.81. The van der Waals surface area contributed by atoms with Crippen LogP contribution in [0.1, 0.15) is 12.8 Å². The number of sulfonamides is 1. The monoisotopic (exact) mass is 246 g/mol. The van der Waals surface area contributed by atoms with Crippen molar-refractivity contribution in [2.75, 3.05) is 6.54 Å². The summed E-state index contributed by atoms with van der Waals surface area (Å²) in [5, 5.41) is 0.520. The molecule has 0 atom stereocenters. The van der Waals surface area contributed by atoms with Gasteiger partial charge in [-0.2, -0.15) is 0 Å². The van der Waals surface area contributed by atoms with E-state index in [1.54, 1.807) is 12.1 Å². The number of hydrogen-bond donors (Lipinski definition) is 1. The van der Waals surface area contributed by atoms with E-state index in [0.29, 0.717) is 18.0 Å². The van der Waals surface area contributed by atoms with Crippen molar-refractivity contribution in [3.63, 3.8) is 0 Å². The highest BCUT2D eigenvalue weighted by Gasteiger charge is 2.12. The van der Waals surface area contributed by atoms with Crippen LogP contribution in [-0.4, -0.2) is 15.0 Å². The molecule has 1 rings (SSSR count). The molecule has 1 N–H and O–H groups in total. The zero-order valence-electron chi connectivity index (χ0n) is 8.24. The maximum atomic E-state index is 11.6. The molecule has 5 heteroatoms. The SMILES string of the molecule is [CH2]CCCNS(=O)(=O)c1ccc(Cl)cc1. The molecule has 0 heterocycles. The van der Waals surface area contributed by atoms with E-state index in [0.717, 1.165) is 6.42 Å². The van der Waals surface area contributed by atoms with Crippen LogP contribution in [0.2, 0.25) is 5.02 Å². The van der Waals surface area contributed by atoms with Gasteiger partial charge < -0.3 is 0 Å². The Morgan fingerprint density at radius 2 is 1.87 bits per heavy atom. The third-order valence-corrected chi connectivity index (χ3v) is 3.57. The number of rotatable bonds is 5. The van der Waals surface area contributed by atoms with E-state index in [9.17, 15) is 8.42 Å². The van der Waals surface area contributed by atoms with Crippen molar-refractivity contribution in [2.45, 2.75) is 17.7 Å². The van der Waals surface area contributed by atoms with E-state index in [1.807, 2.05) is 0 Å². The molecule has 0 aliphatic heterocycles. The molecule has 0 aromatic heterocycles. The zero-order chi connectivity index (χ0) is 11.3. The van der Waals surface area contributed by atoms with Crippen molar-refractivity contribution < 1.29 is 8.42 Å². The Bertz CT molecular complexity index is 400. The number of halogens is 1. The van der Waals surface area contributed by atoms with Crippen molar-refractivity contribution in [3.05, 3.63) is 36.2 Å². The minimum Gasteiger partial charge on any atom is -0.211 e. The van der Waals surface area contributed by atoms with Crippen LogP contribution in [0, 0.1) is 6.92 Å². The van der Waals surface area contributed by atoms with Gasteiger partial charge in [0, 0.05) is 11.6 Å². The fourth-order valence-electron chi connectivity index (χ4n) is 1.03. The molecule has 0 spiro atoms. The summed E-state index contributed by atoms with van der Waals surface area (Å²) in [6, 6.07) is 6.07. The van der Waals surface area contributed by atoms with Gasteiger partial charge in [-0.25, -0.2) is 13.1 Å². The Hall–Kier alpha value is -0.580. The van der Waals surface area contributed by atoms with Crippen molar-refractivity contribution in [3.8, 4) is 0 Å². The highest BCUT2D eigenvalue weighted by atomic mass is 35.5. The van der Waals surface area contributed by atoms with Gasteiger partial charge in [0.25, 0.3) is 0 Å². The lowest BCUT2D eigenvalue weighted by atomic mass is 10.3.